The first kappa shape index (κ1) is 8.73. The van der Waals surface area contributed by atoms with Gasteiger partial charge < -0.3 is 0 Å². The Labute approximate surface area is 71.7 Å². The van der Waals surface area contributed by atoms with Crippen molar-refractivity contribution < 1.29 is 4.39 Å². The highest BCUT2D eigenvalue weighted by atomic mass is 19.1. The molecule has 0 heterocycles. The van der Waals surface area contributed by atoms with E-state index in [2.05, 4.69) is 4.85 Å². The molecule has 0 fully saturated rings. The molecule has 0 spiro atoms. The Morgan fingerprint density at radius 1 is 1.42 bits per heavy atom. The molecule has 0 radical (unpaired) electrons. The molecule has 1 aromatic rings. The van der Waals surface area contributed by atoms with Gasteiger partial charge in [-0.05, 0) is 17.5 Å². The molecule has 0 aliphatic carbocycles. The van der Waals surface area contributed by atoms with Crippen LogP contribution in [0.2, 0.25) is 0 Å². The zero-order valence-electron chi connectivity index (χ0n) is 7.13. The first-order valence-corrected chi connectivity index (χ1v) is 3.82. The van der Waals surface area contributed by atoms with Crippen LogP contribution in [0.1, 0.15) is 25.3 Å². The normalized spacial score (nSPS) is 9.92. The summed E-state index contributed by atoms with van der Waals surface area (Å²) in [7, 11) is 0. The molecule has 0 N–H and O–H groups in total. The van der Waals surface area contributed by atoms with Gasteiger partial charge in [0.25, 0.3) is 0 Å². The van der Waals surface area contributed by atoms with Crippen molar-refractivity contribution in [1.82, 2.24) is 0 Å². The van der Waals surface area contributed by atoms with Crippen LogP contribution in [0.15, 0.2) is 18.2 Å². The first-order chi connectivity index (χ1) is 5.65. The molecule has 1 nitrogen and oxygen atoms in total. The fraction of sp³-hybridized carbons (Fsp3) is 0.300. The van der Waals surface area contributed by atoms with E-state index in [-0.39, 0.29) is 5.69 Å². The van der Waals surface area contributed by atoms with Crippen LogP contribution in [0.4, 0.5) is 10.1 Å². The summed E-state index contributed by atoms with van der Waals surface area (Å²) in [5.41, 5.74) is 1.03. The quantitative estimate of drug-likeness (QED) is 0.558. The van der Waals surface area contributed by atoms with Gasteiger partial charge in [-0.15, -0.1) is 0 Å². The van der Waals surface area contributed by atoms with Crippen molar-refractivity contribution in [3.63, 3.8) is 0 Å². The molecule has 0 saturated heterocycles. The lowest BCUT2D eigenvalue weighted by atomic mass is 10.0. The van der Waals surface area contributed by atoms with Crippen LogP contribution >= 0.6 is 0 Å². The van der Waals surface area contributed by atoms with Gasteiger partial charge >= 0.3 is 0 Å². The van der Waals surface area contributed by atoms with Crippen LogP contribution < -0.4 is 0 Å². The summed E-state index contributed by atoms with van der Waals surface area (Å²) in [6, 6.07) is 4.75. The Morgan fingerprint density at radius 2 is 2.08 bits per heavy atom. The molecule has 12 heavy (non-hydrogen) atoms. The van der Waals surface area contributed by atoms with Crippen LogP contribution in [0.5, 0.6) is 0 Å². The average Bonchev–Trinajstić information content (AvgIpc) is 2.04. The highest BCUT2D eigenvalue weighted by Gasteiger charge is 2.04. The lowest BCUT2D eigenvalue weighted by molar-refractivity contribution is 0.629. The molecule has 1 rings (SSSR count). The minimum Gasteiger partial charge on any atom is -0.235 e. The molecule has 62 valence electrons. The number of halogens is 1. The fourth-order valence-corrected chi connectivity index (χ4v) is 0.973. The summed E-state index contributed by atoms with van der Waals surface area (Å²) in [5.74, 6) is -0.115. The Morgan fingerprint density at radius 3 is 2.50 bits per heavy atom. The van der Waals surface area contributed by atoms with Crippen LogP contribution in [0.25, 0.3) is 4.85 Å². The maximum absolute atomic E-state index is 13.0. The van der Waals surface area contributed by atoms with E-state index in [1.165, 1.54) is 12.1 Å². The van der Waals surface area contributed by atoms with Gasteiger partial charge in [0.2, 0.25) is 5.69 Å². The molecule has 0 aromatic heterocycles. The zero-order valence-corrected chi connectivity index (χ0v) is 7.13. The highest BCUT2D eigenvalue weighted by molar-refractivity contribution is 5.47. The number of nitrogens with zero attached hydrogens (tertiary/aromatic N) is 1. The second-order valence-electron chi connectivity index (χ2n) is 2.98. The Hall–Kier alpha value is -1.36. The van der Waals surface area contributed by atoms with Crippen molar-refractivity contribution in [2.75, 3.05) is 0 Å². The average molecular weight is 163 g/mol. The van der Waals surface area contributed by atoms with Gasteiger partial charge in [-0.2, -0.15) is 0 Å². The maximum atomic E-state index is 13.0. The minimum atomic E-state index is -0.420. The predicted molar refractivity (Wildman–Crippen MR) is 46.8 cm³/mol. The van der Waals surface area contributed by atoms with Crippen molar-refractivity contribution in [1.29, 1.82) is 0 Å². The second kappa shape index (κ2) is 3.36. The van der Waals surface area contributed by atoms with Gasteiger partial charge in [-0.25, -0.2) is 9.24 Å². The van der Waals surface area contributed by atoms with E-state index in [0.717, 1.165) is 5.56 Å². The summed E-state index contributed by atoms with van der Waals surface area (Å²) in [4.78, 5) is 3.05. The summed E-state index contributed by atoms with van der Waals surface area (Å²) >= 11 is 0. The van der Waals surface area contributed by atoms with Gasteiger partial charge in [0.1, 0.15) is 5.82 Å². The molecule has 0 bridgehead atoms. The fourth-order valence-electron chi connectivity index (χ4n) is 0.973. The molecule has 0 amide bonds. The molecule has 0 aliphatic rings. The van der Waals surface area contributed by atoms with E-state index in [9.17, 15) is 4.39 Å². The van der Waals surface area contributed by atoms with Crippen LogP contribution in [0, 0.1) is 12.4 Å². The lowest BCUT2D eigenvalue weighted by Crippen LogP contribution is -1.87. The Kier molecular flexibility index (Phi) is 2.44. The molecule has 0 saturated carbocycles. The van der Waals surface area contributed by atoms with Crippen molar-refractivity contribution in [3.8, 4) is 0 Å². The maximum Gasteiger partial charge on any atom is 0.222 e. The lowest BCUT2D eigenvalue weighted by Gasteiger charge is -2.04. The third-order valence-electron chi connectivity index (χ3n) is 1.76. The summed E-state index contributed by atoms with van der Waals surface area (Å²) in [6.07, 6.45) is 0. The van der Waals surface area contributed by atoms with Gasteiger partial charge in [0.05, 0.1) is 6.57 Å². The number of benzene rings is 1. The molecule has 0 atom stereocenters. The summed E-state index contributed by atoms with van der Waals surface area (Å²) in [5, 5.41) is 0. The van der Waals surface area contributed by atoms with Crippen molar-refractivity contribution in [2.45, 2.75) is 19.8 Å². The Bertz CT molecular complexity index is 323. The van der Waals surface area contributed by atoms with Crippen molar-refractivity contribution in [2.24, 2.45) is 0 Å². The van der Waals surface area contributed by atoms with E-state index in [0.29, 0.717) is 5.92 Å². The minimum absolute atomic E-state index is 0.0967. The van der Waals surface area contributed by atoms with E-state index in [1.54, 1.807) is 6.07 Å². The number of hydrogen-bond donors (Lipinski definition) is 0. The summed E-state index contributed by atoms with van der Waals surface area (Å²) in [6.45, 7) is 10.6. The largest absolute Gasteiger partial charge is 0.235 e. The molecule has 1 aromatic carbocycles. The van der Waals surface area contributed by atoms with Gasteiger partial charge in [-0.1, -0.05) is 26.0 Å². The van der Waals surface area contributed by atoms with Gasteiger partial charge in [0, 0.05) is 0 Å². The SMILES string of the molecule is [C-]#[N+]c1ccc(C(C)C)cc1F. The second-order valence-corrected chi connectivity index (χ2v) is 2.98. The molecule has 0 unspecified atom stereocenters. The van der Waals surface area contributed by atoms with Gasteiger partial charge in [0.15, 0.2) is 0 Å². The summed E-state index contributed by atoms with van der Waals surface area (Å²) < 4.78 is 13.0. The van der Waals surface area contributed by atoms with Crippen LogP contribution in [-0.2, 0) is 0 Å². The highest BCUT2D eigenvalue weighted by Crippen LogP contribution is 2.22. The van der Waals surface area contributed by atoms with E-state index in [4.69, 9.17) is 6.57 Å². The predicted octanol–water partition coefficient (Wildman–Crippen LogP) is 3.50. The number of hydrogen-bond acceptors (Lipinski definition) is 0. The Balaban J connectivity index is 3.12. The smallest absolute Gasteiger partial charge is 0.222 e. The molecule has 2 heteroatoms. The molecule has 0 aliphatic heterocycles. The zero-order chi connectivity index (χ0) is 9.14. The monoisotopic (exact) mass is 163 g/mol. The number of rotatable bonds is 1. The van der Waals surface area contributed by atoms with E-state index in [1.807, 2.05) is 13.8 Å². The van der Waals surface area contributed by atoms with E-state index < -0.39 is 5.82 Å². The third-order valence-corrected chi connectivity index (χ3v) is 1.76. The topological polar surface area (TPSA) is 4.36 Å². The molecular weight excluding hydrogens is 153 g/mol. The third kappa shape index (κ3) is 1.62. The van der Waals surface area contributed by atoms with Crippen molar-refractivity contribution in [3.05, 3.63) is 41.0 Å². The van der Waals surface area contributed by atoms with E-state index >= 15 is 0 Å². The van der Waals surface area contributed by atoms with Crippen LogP contribution in [0.3, 0.4) is 0 Å². The molecular formula is C10H10FN. The first-order valence-electron chi connectivity index (χ1n) is 3.82. The van der Waals surface area contributed by atoms with Crippen molar-refractivity contribution >= 4 is 5.69 Å². The standard InChI is InChI=1S/C10H10FN/c1-7(2)8-4-5-10(12-3)9(11)6-8/h4-7H,1-2H3. The van der Waals surface area contributed by atoms with Crippen LogP contribution in [-0.4, -0.2) is 0 Å². The van der Waals surface area contributed by atoms with Gasteiger partial charge in [-0.3, -0.25) is 0 Å².